The topological polar surface area (TPSA) is 114 Å². The van der Waals surface area contributed by atoms with Gasteiger partial charge in [0.1, 0.15) is 24.3 Å². The molecule has 1 saturated carbocycles. The molecule has 0 aromatic heterocycles. The summed E-state index contributed by atoms with van der Waals surface area (Å²) in [5.74, 6) is -0.125. The highest BCUT2D eigenvalue weighted by Crippen LogP contribution is 2.37. The zero-order chi connectivity index (χ0) is 24.7. The molecule has 4 rings (SSSR count). The molecule has 2 aliphatic rings. The predicted molar refractivity (Wildman–Crippen MR) is 125 cm³/mol. The maximum absolute atomic E-state index is 13.2. The third-order valence-corrected chi connectivity index (χ3v) is 7.18. The Morgan fingerprint density at radius 1 is 1.12 bits per heavy atom. The Bertz CT molecular complexity index is 1120. The van der Waals surface area contributed by atoms with E-state index in [1.54, 1.807) is 19.2 Å². The van der Waals surface area contributed by atoms with Crippen LogP contribution in [0, 0.1) is 5.82 Å². The van der Waals surface area contributed by atoms with Gasteiger partial charge in [0.15, 0.2) is 0 Å². The number of nitrogens with one attached hydrogen (secondary N) is 2. The monoisotopic (exact) mass is 493 g/mol. The first-order chi connectivity index (χ1) is 16.2. The van der Waals surface area contributed by atoms with Gasteiger partial charge in [0.25, 0.3) is 10.0 Å². The average molecular weight is 494 g/mol. The van der Waals surface area contributed by atoms with E-state index in [1.807, 2.05) is 0 Å². The lowest BCUT2D eigenvalue weighted by Crippen LogP contribution is -2.38. The van der Waals surface area contributed by atoms with Crippen molar-refractivity contribution in [2.75, 3.05) is 29.8 Å². The summed E-state index contributed by atoms with van der Waals surface area (Å²) in [6, 6.07) is 9.42. The minimum Gasteiger partial charge on any atom is -0.489 e. The van der Waals surface area contributed by atoms with Crippen molar-refractivity contribution in [3.8, 4) is 5.75 Å². The Morgan fingerprint density at radius 2 is 1.76 bits per heavy atom. The molecule has 1 heterocycles. The number of hydrogen-bond donors (Lipinski definition) is 2. The maximum atomic E-state index is 13.2. The van der Waals surface area contributed by atoms with Crippen molar-refractivity contribution < 1.29 is 31.9 Å². The van der Waals surface area contributed by atoms with Gasteiger partial charge >= 0.3 is 6.09 Å². The lowest BCUT2D eigenvalue weighted by Gasteiger charge is -2.30. The average Bonchev–Trinajstić information content (AvgIpc) is 3.32. The van der Waals surface area contributed by atoms with Crippen molar-refractivity contribution in [2.24, 2.45) is 0 Å². The van der Waals surface area contributed by atoms with E-state index in [4.69, 9.17) is 9.47 Å². The highest BCUT2D eigenvalue weighted by molar-refractivity contribution is 7.92. The zero-order valence-electron chi connectivity index (χ0n) is 19.0. The van der Waals surface area contributed by atoms with Crippen LogP contribution in [-0.4, -0.2) is 46.7 Å². The Kier molecular flexibility index (Phi) is 8.32. The number of carbonyl (C=O) groups is 2. The second-order valence-electron chi connectivity index (χ2n) is 7.81. The Labute approximate surface area is 198 Å². The molecule has 0 unspecified atom stereocenters. The zero-order valence-corrected chi connectivity index (χ0v) is 19.9. The molecule has 184 valence electrons. The molecule has 0 atom stereocenters. The molecular weight excluding hydrogens is 465 g/mol. The summed E-state index contributed by atoms with van der Waals surface area (Å²) < 4.78 is 51.5. The van der Waals surface area contributed by atoms with Gasteiger partial charge < -0.3 is 14.8 Å². The molecule has 1 aliphatic heterocycles. The second-order valence-corrected chi connectivity index (χ2v) is 9.67. The van der Waals surface area contributed by atoms with Crippen LogP contribution in [0.25, 0.3) is 0 Å². The van der Waals surface area contributed by atoms with Crippen LogP contribution in [0.3, 0.4) is 0 Å². The van der Waals surface area contributed by atoms with Crippen LogP contribution < -0.4 is 19.7 Å². The Morgan fingerprint density at radius 3 is 2.38 bits per heavy atom. The molecule has 9 nitrogen and oxygen atoms in total. The number of hydrogen-bond acceptors (Lipinski definition) is 6. The number of carbonyl (C=O) groups excluding carboxylic acids is 2. The first-order valence-corrected chi connectivity index (χ1v) is 12.4. The van der Waals surface area contributed by atoms with Gasteiger partial charge in [-0.15, -0.1) is 0 Å². The van der Waals surface area contributed by atoms with Crippen LogP contribution in [0.15, 0.2) is 47.4 Å². The first kappa shape index (κ1) is 25.3. The summed E-state index contributed by atoms with van der Waals surface area (Å²) in [4.78, 5) is 21.8. The minimum atomic E-state index is -3.91. The molecule has 11 heteroatoms. The standard InChI is InChI=1S/C20H21FN2O5S.C3H7NO/c21-14-5-8-17(9-6-14)29(25,26)23-11-12-27-19-10-7-15(13-18(19)23)22-20(24)28-16-3-1-2-4-16;1-3(5)4-2/h5-10,13,16H,1-4,11-12H2,(H,22,24);1-2H3,(H,4,5). The number of fused-ring (bicyclic) bond motifs is 1. The second kappa shape index (κ2) is 11.2. The summed E-state index contributed by atoms with van der Waals surface area (Å²) in [5, 5.41) is 5.04. The number of nitrogens with zero attached hydrogens (tertiary/aromatic N) is 1. The van der Waals surface area contributed by atoms with Crippen LogP contribution in [0.2, 0.25) is 0 Å². The van der Waals surface area contributed by atoms with Crippen LogP contribution in [0.4, 0.5) is 20.6 Å². The maximum Gasteiger partial charge on any atom is 0.411 e. The van der Waals surface area contributed by atoms with Gasteiger partial charge in [-0.2, -0.15) is 0 Å². The molecule has 1 aliphatic carbocycles. The van der Waals surface area contributed by atoms with Gasteiger partial charge in [0.2, 0.25) is 5.91 Å². The highest BCUT2D eigenvalue weighted by Gasteiger charge is 2.30. The van der Waals surface area contributed by atoms with Crippen LogP contribution in [0.5, 0.6) is 5.75 Å². The van der Waals surface area contributed by atoms with Crippen molar-refractivity contribution in [3.05, 3.63) is 48.3 Å². The van der Waals surface area contributed by atoms with E-state index in [0.717, 1.165) is 37.8 Å². The summed E-state index contributed by atoms with van der Waals surface area (Å²) in [6.45, 7) is 1.76. The van der Waals surface area contributed by atoms with Gasteiger partial charge in [-0.1, -0.05) is 0 Å². The lowest BCUT2D eigenvalue weighted by atomic mass is 10.2. The molecular formula is C23H28FN3O6S. The number of anilines is 2. The van der Waals surface area contributed by atoms with Crippen LogP contribution >= 0.6 is 0 Å². The van der Waals surface area contributed by atoms with E-state index in [2.05, 4.69) is 10.6 Å². The minimum absolute atomic E-state index is 0.00463. The van der Waals surface area contributed by atoms with Gasteiger partial charge in [-0.3, -0.25) is 14.4 Å². The van der Waals surface area contributed by atoms with Crippen molar-refractivity contribution in [1.82, 2.24) is 5.32 Å². The fraction of sp³-hybridized carbons (Fsp3) is 0.391. The largest absolute Gasteiger partial charge is 0.489 e. The fourth-order valence-corrected chi connectivity index (χ4v) is 5.01. The van der Waals surface area contributed by atoms with E-state index in [9.17, 15) is 22.4 Å². The van der Waals surface area contributed by atoms with E-state index in [1.165, 1.54) is 29.4 Å². The van der Waals surface area contributed by atoms with E-state index in [-0.39, 0.29) is 30.1 Å². The van der Waals surface area contributed by atoms with E-state index >= 15 is 0 Å². The fourth-order valence-electron chi connectivity index (χ4n) is 3.56. The van der Waals surface area contributed by atoms with Gasteiger partial charge in [0.05, 0.1) is 17.1 Å². The molecule has 1 fully saturated rings. The quantitative estimate of drug-likeness (QED) is 0.672. The summed E-state index contributed by atoms with van der Waals surface area (Å²) in [7, 11) is -2.31. The summed E-state index contributed by atoms with van der Waals surface area (Å²) in [5.41, 5.74) is 0.704. The molecule has 0 bridgehead atoms. The molecule has 34 heavy (non-hydrogen) atoms. The van der Waals surface area contributed by atoms with Crippen LogP contribution in [-0.2, 0) is 19.6 Å². The number of benzene rings is 2. The molecule has 2 N–H and O–H groups in total. The van der Waals surface area contributed by atoms with Crippen LogP contribution in [0.1, 0.15) is 32.6 Å². The molecule has 2 aromatic carbocycles. The summed E-state index contributed by atoms with van der Waals surface area (Å²) >= 11 is 0. The lowest BCUT2D eigenvalue weighted by molar-refractivity contribution is -0.118. The van der Waals surface area contributed by atoms with Crippen molar-refractivity contribution in [3.63, 3.8) is 0 Å². The van der Waals surface area contributed by atoms with E-state index in [0.29, 0.717) is 17.1 Å². The smallest absolute Gasteiger partial charge is 0.411 e. The number of halogens is 1. The normalized spacial score (nSPS) is 15.3. The number of sulfonamides is 1. The van der Waals surface area contributed by atoms with E-state index < -0.39 is 21.9 Å². The Balaban J connectivity index is 0.000000588. The highest BCUT2D eigenvalue weighted by atomic mass is 32.2. The number of ether oxygens (including phenoxy) is 2. The first-order valence-electron chi connectivity index (χ1n) is 10.9. The van der Waals surface area contributed by atoms with Gasteiger partial charge in [-0.05, 0) is 68.1 Å². The summed E-state index contributed by atoms with van der Waals surface area (Å²) in [6.07, 6.45) is 3.16. The number of amides is 2. The third kappa shape index (κ3) is 6.37. The van der Waals surface area contributed by atoms with Crippen molar-refractivity contribution >= 4 is 33.4 Å². The number of rotatable bonds is 4. The molecule has 2 amide bonds. The van der Waals surface area contributed by atoms with Gasteiger partial charge in [0, 0.05) is 19.7 Å². The molecule has 2 aromatic rings. The molecule has 0 spiro atoms. The predicted octanol–water partition coefficient (Wildman–Crippen LogP) is 3.66. The molecule has 0 saturated heterocycles. The van der Waals surface area contributed by atoms with Gasteiger partial charge in [-0.25, -0.2) is 17.6 Å². The molecule has 0 radical (unpaired) electrons. The third-order valence-electron chi connectivity index (χ3n) is 5.36. The van der Waals surface area contributed by atoms with Crippen molar-refractivity contribution in [2.45, 2.75) is 43.6 Å². The SMILES string of the molecule is CNC(C)=O.O=C(Nc1ccc2c(c1)N(S(=O)(=O)c1ccc(F)cc1)CCO2)OC1CCCC1. The van der Waals surface area contributed by atoms with Crippen molar-refractivity contribution in [1.29, 1.82) is 0 Å². The Hall–Kier alpha value is -3.34.